The Morgan fingerprint density at radius 1 is 1.38 bits per heavy atom. The first-order valence-electron chi connectivity index (χ1n) is 7.93. The number of anilines is 1. The molecule has 126 valence electrons. The van der Waals surface area contributed by atoms with Crippen LogP contribution in [0, 0.1) is 0 Å². The monoisotopic (exact) mass is 329 g/mol. The van der Waals surface area contributed by atoms with Gasteiger partial charge < -0.3 is 14.8 Å². The molecule has 0 saturated carbocycles. The molecule has 7 nitrogen and oxygen atoms in total. The summed E-state index contributed by atoms with van der Waals surface area (Å²) in [6.45, 7) is 2.65. The molecule has 1 amide bonds. The van der Waals surface area contributed by atoms with E-state index in [2.05, 4.69) is 10.4 Å². The minimum atomic E-state index is -0.475. The van der Waals surface area contributed by atoms with Crippen molar-refractivity contribution in [3.05, 3.63) is 42.2 Å². The molecule has 1 aromatic heterocycles. The van der Waals surface area contributed by atoms with E-state index < -0.39 is 12.1 Å². The van der Waals surface area contributed by atoms with Gasteiger partial charge in [0, 0.05) is 12.8 Å². The van der Waals surface area contributed by atoms with Crippen molar-refractivity contribution in [3.63, 3.8) is 0 Å². The Morgan fingerprint density at radius 2 is 2.21 bits per heavy atom. The Bertz CT molecular complexity index is 735. The molecule has 0 aliphatic carbocycles. The molecular formula is C17H19N3O4. The topological polar surface area (TPSA) is 82.5 Å². The van der Waals surface area contributed by atoms with Crippen LogP contribution < -0.4 is 5.32 Å². The summed E-state index contributed by atoms with van der Waals surface area (Å²) >= 11 is 0. The van der Waals surface area contributed by atoms with Crippen LogP contribution in [0.4, 0.5) is 5.69 Å². The highest BCUT2D eigenvalue weighted by molar-refractivity contribution is 5.96. The van der Waals surface area contributed by atoms with Crippen LogP contribution in [0.1, 0.15) is 30.3 Å². The van der Waals surface area contributed by atoms with Gasteiger partial charge in [-0.1, -0.05) is 12.1 Å². The predicted molar refractivity (Wildman–Crippen MR) is 87.1 cm³/mol. The van der Waals surface area contributed by atoms with Crippen molar-refractivity contribution in [3.8, 4) is 5.69 Å². The normalized spacial score (nSPS) is 16.8. The smallest absolute Gasteiger partial charge is 0.358 e. The second-order valence-electron chi connectivity index (χ2n) is 5.37. The molecule has 0 unspecified atom stereocenters. The summed E-state index contributed by atoms with van der Waals surface area (Å²) in [7, 11) is 0. The van der Waals surface area contributed by atoms with Gasteiger partial charge in [-0.25, -0.2) is 9.48 Å². The van der Waals surface area contributed by atoms with E-state index in [1.807, 2.05) is 18.2 Å². The van der Waals surface area contributed by atoms with Crippen molar-refractivity contribution >= 4 is 17.6 Å². The number of nitrogens with one attached hydrogen (secondary N) is 1. The molecule has 0 spiro atoms. The summed E-state index contributed by atoms with van der Waals surface area (Å²) in [6, 6.07) is 8.84. The average molecular weight is 329 g/mol. The minimum absolute atomic E-state index is 0.169. The summed E-state index contributed by atoms with van der Waals surface area (Å²) < 4.78 is 11.9. The SMILES string of the molecule is CCOC(=O)c1ccn(-c2ccccc2NC(=O)[C@H]2CCCO2)n1. The quantitative estimate of drug-likeness (QED) is 0.850. The first-order valence-corrected chi connectivity index (χ1v) is 7.93. The van der Waals surface area contributed by atoms with Crippen LogP contribution in [0.15, 0.2) is 36.5 Å². The summed E-state index contributed by atoms with van der Waals surface area (Å²) in [5.74, 6) is -0.644. The Labute approximate surface area is 139 Å². The molecule has 1 aliphatic heterocycles. The zero-order valence-electron chi connectivity index (χ0n) is 13.4. The summed E-state index contributed by atoms with van der Waals surface area (Å²) in [5, 5.41) is 7.10. The number of hydrogen-bond donors (Lipinski definition) is 1. The predicted octanol–water partition coefficient (Wildman–Crippen LogP) is 2.17. The van der Waals surface area contributed by atoms with Gasteiger partial charge in [-0.15, -0.1) is 0 Å². The lowest BCUT2D eigenvalue weighted by Gasteiger charge is -2.13. The second-order valence-corrected chi connectivity index (χ2v) is 5.37. The van der Waals surface area contributed by atoms with Crippen LogP contribution in [0.25, 0.3) is 5.69 Å². The number of carbonyl (C=O) groups excluding carboxylic acids is 2. The lowest BCUT2D eigenvalue weighted by molar-refractivity contribution is -0.124. The summed E-state index contributed by atoms with van der Waals surface area (Å²) in [4.78, 5) is 24.0. The number of aromatic nitrogens is 2. The third-order valence-electron chi connectivity index (χ3n) is 3.70. The van der Waals surface area contributed by atoms with Gasteiger partial charge in [-0.05, 0) is 38.0 Å². The van der Waals surface area contributed by atoms with Gasteiger partial charge in [0.15, 0.2) is 5.69 Å². The zero-order chi connectivity index (χ0) is 16.9. The van der Waals surface area contributed by atoms with Gasteiger partial charge in [-0.2, -0.15) is 5.10 Å². The van der Waals surface area contributed by atoms with Crippen molar-refractivity contribution in [2.75, 3.05) is 18.5 Å². The second kappa shape index (κ2) is 7.27. The maximum absolute atomic E-state index is 12.3. The molecule has 1 saturated heterocycles. The van der Waals surface area contributed by atoms with Gasteiger partial charge in [0.25, 0.3) is 5.91 Å². The zero-order valence-corrected chi connectivity index (χ0v) is 13.4. The number of hydrogen-bond acceptors (Lipinski definition) is 5. The van der Waals surface area contributed by atoms with Crippen molar-refractivity contribution < 1.29 is 19.1 Å². The number of nitrogens with zero attached hydrogens (tertiary/aromatic N) is 2. The third-order valence-corrected chi connectivity index (χ3v) is 3.70. The Hall–Kier alpha value is -2.67. The van der Waals surface area contributed by atoms with Crippen molar-refractivity contribution in [1.82, 2.24) is 9.78 Å². The summed E-state index contributed by atoms with van der Waals surface area (Å²) in [5.41, 5.74) is 1.49. The van der Waals surface area contributed by atoms with E-state index in [-0.39, 0.29) is 11.6 Å². The average Bonchev–Trinajstić information content (AvgIpc) is 3.27. The summed E-state index contributed by atoms with van der Waals surface area (Å²) in [6.07, 6.45) is 2.86. The van der Waals surface area contributed by atoms with E-state index in [1.165, 1.54) is 4.68 Å². The molecular weight excluding hydrogens is 310 g/mol. The maximum Gasteiger partial charge on any atom is 0.358 e. The van der Waals surface area contributed by atoms with Crippen molar-refractivity contribution in [2.45, 2.75) is 25.9 Å². The largest absolute Gasteiger partial charge is 0.461 e. The first kappa shape index (κ1) is 16.2. The number of amides is 1. The fourth-order valence-electron chi connectivity index (χ4n) is 2.55. The molecule has 3 rings (SSSR count). The molecule has 2 heterocycles. The number of carbonyl (C=O) groups is 2. The van der Waals surface area contributed by atoms with Crippen LogP contribution >= 0.6 is 0 Å². The maximum atomic E-state index is 12.3. The van der Waals surface area contributed by atoms with Crippen LogP contribution in [0.2, 0.25) is 0 Å². The van der Waals surface area contributed by atoms with Gasteiger partial charge in [0.05, 0.1) is 18.0 Å². The van der Waals surface area contributed by atoms with Gasteiger partial charge in [-0.3, -0.25) is 4.79 Å². The molecule has 1 aliphatic rings. The first-order chi connectivity index (χ1) is 11.7. The van der Waals surface area contributed by atoms with E-state index in [0.717, 1.165) is 12.8 Å². The van der Waals surface area contributed by atoms with E-state index >= 15 is 0 Å². The minimum Gasteiger partial charge on any atom is -0.461 e. The fraction of sp³-hybridized carbons (Fsp3) is 0.353. The molecule has 7 heteroatoms. The van der Waals surface area contributed by atoms with E-state index in [4.69, 9.17) is 9.47 Å². The molecule has 1 N–H and O–H groups in total. The number of para-hydroxylation sites is 2. The van der Waals surface area contributed by atoms with Crippen LogP contribution in [-0.4, -0.2) is 41.0 Å². The molecule has 0 bridgehead atoms. The highest BCUT2D eigenvalue weighted by atomic mass is 16.5. The number of esters is 1. The number of ether oxygens (including phenoxy) is 2. The fourth-order valence-corrected chi connectivity index (χ4v) is 2.55. The van der Waals surface area contributed by atoms with Crippen LogP contribution in [0.5, 0.6) is 0 Å². The third kappa shape index (κ3) is 3.46. The van der Waals surface area contributed by atoms with Crippen LogP contribution in [0.3, 0.4) is 0 Å². The molecule has 1 atom stereocenters. The van der Waals surface area contributed by atoms with E-state index in [1.54, 1.807) is 25.3 Å². The Balaban J connectivity index is 1.81. The van der Waals surface area contributed by atoms with Crippen molar-refractivity contribution in [2.24, 2.45) is 0 Å². The lowest BCUT2D eigenvalue weighted by atomic mass is 10.2. The van der Waals surface area contributed by atoms with Gasteiger partial charge >= 0.3 is 5.97 Å². The lowest BCUT2D eigenvalue weighted by Crippen LogP contribution is -2.27. The molecule has 0 radical (unpaired) electrons. The standard InChI is InChI=1S/C17H19N3O4/c1-2-23-17(22)13-9-10-20(19-13)14-7-4-3-6-12(14)18-16(21)15-8-5-11-24-15/h3-4,6-7,9-10,15H,2,5,8,11H2,1H3,(H,18,21)/t15-/m1/s1. The van der Waals surface area contributed by atoms with Crippen molar-refractivity contribution in [1.29, 1.82) is 0 Å². The van der Waals surface area contributed by atoms with Gasteiger partial charge in [0.1, 0.15) is 6.10 Å². The molecule has 24 heavy (non-hydrogen) atoms. The van der Waals surface area contributed by atoms with Crippen LogP contribution in [-0.2, 0) is 14.3 Å². The van der Waals surface area contributed by atoms with E-state index in [9.17, 15) is 9.59 Å². The number of rotatable bonds is 5. The number of benzene rings is 1. The Kier molecular flexibility index (Phi) is 4.90. The van der Waals surface area contributed by atoms with Gasteiger partial charge in [0.2, 0.25) is 0 Å². The Morgan fingerprint density at radius 3 is 2.96 bits per heavy atom. The molecule has 1 aromatic carbocycles. The molecule has 2 aromatic rings. The van der Waals surface area contributed by atoms with E-state index in [0.29, 0.717) is 24.6 Å². The molecule has 1 fully saturated rings. The highest BCUT2D eigenvalue weighted by Crippen LogP contribution is 2.21. The highest BCUT2D eigenvalue weighted by Gasteiger charge is 2.24.